The zero-order valence-electron chi connectivity index (χ0n) is 13.2. The summed E-state index contributed by atoms with van der Waals surface area (Å²) < 4.78 is 5.09. The van der Waals surface area contributed by atoms with Crippen LogP contribution in [0, 0.1) is 39.4 Å². The van der Waals surface area contributed by atoms with Gasteiger partial charge in [0.1, 0.15) is 5.75 Å². The molecule has 0 radical (unpaired) electrons. The minimum absolute atomic E-state index is 0.110. The van der Waals surface area contributed by atoms with Gasteiger partial charge in [-0.15, -0.1) is 0 Å². The fourth-order valence-electron chi connectivity index (χ4n) is 2.65. The van der Waals surface area contributed by atoms with Crippen LogP contribution in [0.2, 0.25) is 0 Å². The van der Waals surface area contributed by atoms with Gasteiger partial charge < -0.3 is 4.74 Å². The lowest BCUT2D eigenvalue weighted by Crippen LogP contribution is -2.31. The fraction of sp³-hybridized carbons (Fsp3) is 0.444. The fourth-order valence-corrected chi connectivity index (χ4v) is 2.65. The lowest BCUT2D eigenvalue weighted by atomic mass is 9.70. The molecular formula is C18H19N3O2. The Balaban J connectivity index is 3.16. The maximum atomic E-state index is 13.0. The summed E-state index contributed by atoms with van der Waals surface area (Å²) in [7, 11) is 1.55. The molecule has 5 heteroatoms. The first kappa shape index (κ1) is 18.2. The zero-order chi connectivity index (χ0) is 17.1. The molecule has 0 heterocycles. The van der Waals surface area contributed by atoms with Gasteiger partial charge in [-0.25, -0.2) is 0 Å². The predicted molar refractivity (Wildman–Crippen MR) is 84.3 cm³/mol. The molecule has 0 fully saturated rings. The van der Waals surface area contributed by atoms with Crippen molar-refractivity contribution in [2.75, 3.05) is 7.11 Å². The van der Waals surface area contributed by atoms with Crippen molar-refractivity contribution in [2.24, 2.45) is 5.41 Å². The van der Waals surface area contributed by atoms with Gasteiger partial charge >= 0.3 is 0 Å². The van der Waals surface area contributed by atoms with Crippen LogP contribution >= 0.6 is 0 Å². The smallest absolute Gasteiger partial charge is 0.169 e. The van der Waals surface area contributed by atoms with Gasteiger partial charge in [-0.05, 0) is 43.5 Å². The van der Waals surface area contributed by atoms with E-state index < -0.39 is 5.41 Å². The number of rotatable bonds is 9. The molecule has 0 aliphatic carbocycles. The topological polar surface area (TPSA) is 97.7 Å². The van der Waals surface area contributed by atoms with Crippen molar-refractivity contribution in [3.63, 3.8) is 0 Å². The summed E-state index contributed by atoms with van der Waals surface area (Å²) >= 11 is 0. The van der Waals surface area contributed by atoms with Crippen LogP contribution in [0.5, 0.6) is 5.75 Å². The van der Waals surface area contributed by atoms with Gasteiger partial charge in [0, 0.05) is 30.2 Å². The molecule has 0 bridgehead atoms. The highest BCUT2D eigenvalue weighted by molar-refractivity contribution is 6.00. The molecule has 0 aliphatic heterocycles. The average molecular weight is 309 g/mol. The summed E-state index contributed by atoms with van der Waals surface area (Å²) in [5, 5.41) is 26.7. The molecule has 1 rings (SSSR count). The normalized spacial score (nSPS) is 10.2. The largest absolute Gasteiger partial charge is 0.497 e. The Morgan fingerprint density at radius 2 is 1.39 bits per heavy atom. The van der Waals surface area contributed by atoms with E-state index in [1.165, 1.54) is 0 Å². The molecule has 1 aromatic carbocycles. The molecule has 0 aliphatic rings. The highest BCUT2D eigenvalue weighted by Crippen LogP contribution is 2.38. The molecule has 0 saturated carbocycles. The van der Waals surface area contributed by atoms with Gasteiger partial charge in [-0.2, -0.15) is 15.8 Å². The number of carbonyl (C=O) groups is 1. The number of methoxy groups -OCH3 is 1. The molecule has 0 unspecified atom stereocenters. The van der Waals surface area contributed by atoms with E-state index in [2.05, 4.69) is 18.2 Å². The molecule has 1 aromatic rings. The molecule has 23 heavy (non-hydrogen) atoms. The Hall–Kier alpha value is -2.84. The quantitative estimate of drug-likeness (QED) is 0.646. The summed E-state index contributed by atoms with van der Waals surface area (Å²) in [5.74, 6) is 0.541. The van der Waals surface area contributed by atoms with Crippen LogP contribution in [0.3, 0.4) is 0 Å². The minimum atomic E-state index is -0.838. The standard InChI is InChI=1S/C18H19N3O2/c1-23-16-7-5-15(6-8-16)17(22)18(9-2-12-19,10-3-13-20)11-4-14-21/h5-8H,2-4,9-11H2,1H3. The van der Waals surface area contributed by atoms with Crippen molar-refractivity contribution in [2.45, 2.75) is 38.5 Å². The highest BCUT2D eigenvalue weighted by Gasteiger charge is 2.37. The van der Waals surface area contributed by atoms with E-state index >= 15 is 0 Å². The van der Waals surface area contributed by atoms with Crippen molar-refractivity contribution in [1.29, 1.82) is 15.8 Å². The molecule has 5 nitrogen and oxygen atoms in total. The summed E-state index contributed by atoms with van der Waals surface area (Å²) in [6, 6.07) is 13.0. The SMILES string of the molecule is COc1ccc(C(=O)C(CCC#N)(CCC#N)CCC#N)cc1. The van der Waals surface area contributed by atoms with Crippen LogP contribution in [0.25, 0.3) is 0 Å². The number of hydrogen-bond donors (Lipinski definition) is 0. The number of Topliss-reactive ketones (excluding diaryl/α,β-unsaturated/α-hetero) is 1. The van der Waals surface area contributed by atoms with E-state index in [0.717, 1.165) is 0 Å². The molecule has 0 spiro atoms. The Morgan fingerprint density at radius 3 is 1.74 bits per heavy atom. The number of ketones is 1. The molecule has 0 amide bonds. The Kier molecular flexibility index (Phi) is 7.31. The van der Waals surface area contributed by atoms with Gasteiger partial charge in [0.25, 0.3) is 0 Å². The second-order valence-corrected chi connectivity index (χ2v) is 5.31. The van der Waals surface area contributed by atoms with Crippen LogP contribution in [0.15, 0.2) is 24.3 Å². The summed E-state index contributed by atoms with van der Waals surface area (Å²) in [6.45, 7) is 0. The molecule has 0 N–H and O–H groups in total. The summed E-state index contributed by atoms with van der Waals surface area (Å²) in [4.78, 5) is 13.0. The minimum Gasteiger partial charge on any atom is -0.497 e. The first-order valence-corrected chi connectivity index (χ1v) is 7.43. The Bertz CT molecular complexity index is 599. The van der Waals surface area contributed by atoms with E-state index in [-0.39, 0.29) is 25.0 Å². The van der Waals surface area contributed by atoms with Gasteiger partial charge in [0.2, 0.25) is 0 Å². The van der Waals surface area contributed by atoms with Crippen molar-refractivity contribution < 1.29 is 9.53 Å². The van der Waals surface area contributed by atoms with Gasteiger partial charge in [0.05, 0.1) is 25.3 Å². The van der Waals surface area contributed by atoms with Gasteiger partial charge in [0.15, 0.2) is 5.78 Å². The molecule has 0 atom stereocenters. The highest BCUT2D eigenvalue weighted by atomic mass is 16.5. The number of ether oxygens (including phenoxy) is 1. The van der Waals surface area contributed by atoms with E-state index in [4.69, 9.17) is 20.5 Å². The summed E-state index contributed by atoms with van der Waals surface area (Å²) in [5.41, 5.74) is -0.324. The van der Waals surface area contributed by atoms with Crippen LogP contribution < -0.4 is 4.74 Å². The third-order valence-electron chi connectivity index (χ3n) is 3.98. The third kappa shape index (κ3) is 4.83. The van der Waals surface area contributed by atoms with E-state index in [1.54, 1.807) is 31.4 Å². The van der Waals surface area contributed by atoms with Crippen molar-refractivity contribution >= 4 is 5.78 Å². The van der Waals surface area contributed by atoms with Crippen molar-refractivity contribution in [3.8, 4) is 24.0 Å². The number of hydrogen-bond acceptors (Lipinski definition) is 5. The van der Waals surface area contributed by atoms with Crippen LogP contribution in [0.4, 0.5) is 0 Å². The van der Waals surface area contributed by atoms with Crippen LogP contribution in [-0.4, -0.2) is 12.9 Å². The van der Waals surface area contributed by atoms with E-state index in [0.29, 0.717) is 30.6 Å². The first-order valence-electron chi connectivity index (χ1n) is 7.43. The maximum absolute atomic E-state index is 13.0. The third-order valence-corrected chi connectivity index (χ3v) is 3.98. The maximum Gasteiger partial charge on any atom is 0.169 e. The predicted octanol–water partition coefficient (Wildman–Crippen LogP) is 3.78. The number of benzene rings is 1. The van der Waals surface area contributed by atoms with Crippen LogP contribution in [-0.2, 0) is 0 Å². The van der Waals surface area contributed by atoms with Crippen molar-refractivity contribution in [3.05, 3.63) is 29.8 Å². The van der Waals surface area contributed by atoms with Gasteiger partial charge in [-0.1, -0.05) is 0 Å². The Labute approximate surface area is 136 Å². The van der Waals surface area contributed by atoms with Gasteiger partial charge in [-0.3, -0.25) is 4.79 Å². The average Bonchev–Trinajstić information content (AvgIpc) is 2.61. The number of carbonyl (C=O) groups excluding carboxylic acids is 1. The lowest BCUT2D eigenvalue weighted by molar-refractivity contribution is 0.0746. The zero-order valence-corrected chi connectivity index (χ0v) is 13.2. The first-order chi connectivity index (χ1) is 11.1. The second kappa shape index (κ2) is 9.23. The molecule has 0 saturated heterocycles. The number of nitrogens with zero attached hydrogens (tertiary/aromatic N) is 3. The molecule has 0 aromatic heterocycles. The van der Waals surface area contributed by atoms with E-state index in [9.17, 15) is 4.79 Å². The molecule has 118 valence electrons. The van der Waals surface area contributed by atoms with E-state index in [1.807, 2.05) is 0 Å². The van der Waals surface area contributed by atoms with Crippen LogP contribution in [0.1, 0.15) is 48.9 Å². The Morgan fingerprint density at radius 1 is 0.957 bits per heavy atom. The monoisotopic (exact) mass is 309 g/mol. The lowest BCUT2D eigenvalue weighted by Gasteiger charge is -2.30. The number of nitriles is 3. The van der Waals surface area contributed by atoms with Crippen molar-refractivity contribution in [1.82, 2.24) is 0 Å². The summed E-state index contributed by atoms with van der Waals surface area (Å²) in [6.07, 6.45) is 1.74. The molecular weight excluding hydrogens is 290 g/mol. The second-order valence-electron chi connectivity index (χ2n) is 5.31.